The van der Waals surface area contributed by atoms with Gasteiger partial charge in [0, 0.05) is 31.0 Å². The van der Waals surface area contributed by atoms with Gasteiger partial charge in [-0.05, 0) is 12.6 Å². The van der Waals surface area contributed by atoms with Crippen LogP contribution in [0.2, 0.25) is 0 Å². The lowest BCUT2D eigenvalue weighted by atomic mass is 9.97. The van der Waals surface area contributed by atoms with Gasteiger partial charge in [-0.25, -0.2) is 0 Å². The minimum atomic E-state index is -0.0941. The predicted molar refractivity (Wildman–Crippen MR) is 50.5 cm³/mol. The summed E-state index contributed by atoms with van der Waals surface area (Å²) in [6.45, 7) is 1.88. The monoisotopic (exact) mass is 192 g/mol. The van der Waals surface area contributed by atoms with Gasteiger partial charge < -0.3 is 15.2 Å². The van der Waals surface area contributed by atoms with E-state index in [1.165, 1.54) is 0 Å². The molecule has 14 heavy (non-hydrogen) atoms. The smallest absolute Gasteiger partial charge is 0.220 e. The lowest BCUT2D eigenvalue weighted by molar-refractivity contribution is 0.112. The molecule has 0 aliphatic carbocycles. The number of nitrogens with one attached hydrogen (secondary N) is 1. The van der Waals surface area contributed by atoms with Gasteiger partial charge in [0.1, 0.15) is 5.60 Å². The number of aromatic nitrogens is 1. The molecule has 1 fully saturated rings. The maximum Gasteiger partial charge on any atom is 0.220 e. The molecular weight excluding hydrogens is 180 g/mol. The van der Waals surface area contributed by atoms with E-state index in [0.29, 0.717) is 5.88 Å². The molecule has 2 aliphatic heterocycles. The number of aromatic hydroxyl groups is 1. The number of fused-ring (bicyclic) bond motifs is 1. The van der Waals surface area contributed by atoms with Gasteiger partial charge >= 0.3 is 0 Å². The van der Waals surface area contributed by atoms with Crippen LogP contribution < -0.4 is 10.1 Å². The number of hydrogen-bond donors (Lipinski definition) is 2. The van der Waals surface area contributed by atoms with Crippen molar-refractivity contribution < 1.29 is 9.84 Å². The second kappa shape index (κ2) is 2.60. The van der Waals surface area contributed by atoms with Crippen LogP contribution in [0.25, 0.3) is 0 Å². The number of ether oxygens (including phenoxy) is 1. The molecule has 0 bridgehead atoms. The molecule has 74 valence electrons. The number of hydrogen-bond acceptors (Lipinski definition) is 4. The molecule has 3 heterocycles. The summed E-state index contributed by atoms with van der Waals surface area (Å²) in [5, 5.41) is 12.5. The summed E-state index contributed by atoms with van der Waals surface area (Å²) in [5.74, 6) is 0.639. The van der Waals surface area contributed by atoms with Crippen LogP contribution >= 0.6 is 0 Å². The fourth-order valence-electron chi connectivity index (χ4n) is 2.23. The standard InChI is InChI=1S/C10H12N2O2/c13-8-2-1-7-5-10(3-4-11-6-10)14-9(7)12-8/h1-2,11H,3-6H2,(H,12,13). The van der Waals surface area contributed by atoms with Crippen molar-refractivity contribution in [1.29, 1.82) is 0 Å². The second-order valence-corrected chi connectivity index (χ2v) is 4.02. The lowest BCUT2D eigenvalue weighted by Gasteiger charge is -2.20. The van der Waals surface area contributed by atoms with Crippen molar-refractivity contribution >= 4 is 0 Å². The molecule has 1 unspecified atom stereocenters. The minimum absolute atomic E-state index is 0.0340. The summed E-state index contributed by atoms with van der Waals surface area (Å²) in [4.78, 5) is 3.98. The van der Waals surface area contributed by atoms with E-state index < -0.39 is 0 Å². The number of rotatable bonds is 0. The fourth-order valence-corrected chi connectivity index (χ4v) is 2.23. The Bertz CT molecular complexity index is 372. The lowest BCUT2D eigenvalue weighted by Crippen LogP contribution is -2.36. The highest BCUT2D eigenvalue weighted by molar-refractivity contribution is 5.36. The first-order valence-electron chi connectivity index (χ1n) is 4.86. The summed E-state index contributed by atoms with van der Waals surface area (Å²) in [6.07, 6.45) is 1.92. The molecule has 0 aromatic carbocycles. The molecular formula is C10H12N2O2. The summed E-state index contributed by atoms with van der Waals surface area (Å²) < 4.78 is 5.80. The molecule has 2 N–H and O–H groups in total. The third-order valence-electron chi connectivity index (χ3n) is 2.95. The van der Waals surface area contributed by atoms with Crippen LogP contribution in [0.5, 0.6) is 11.8 Å². The molecule has 1 aromatic heterocycles. The van der Waals surface area contributed by atoms with Crippen LogP contribution in [0, 0.1) is 0 Å². The maximum atomic E-state index is 9.22. The van der Waals surface area contributed by atoms with Crippen LogP contribution in [0.3, 0.4) is 0 Å². The molecule has 2 aliphatic rings. The summed E-state index contributed by atoms with van der Waals surface area (Å²) >= 11 is 0. The van der Waals surface area contributed by atoms with E-state index in [0.717, 1.165) is 31.5 Å². The third-order valence-corrected chi connectivity index (χ3v) is 2.95. The van der Waals surface area contributed by atoms with Gasteiger partial charge in [0.25, 0.3) is 0 Å². The van der Waals surface area contributed by atoms with Crippen LogP contribution in [-0.4, -0.2) is 28.8 Å². The molecule has 0 amide bonds. The first-order valence-corrected chi connectivity index (χ1v) is 4.86. The Balaban J connectivity index is 1.96. The Morgan fingerprint density at radius 1 is 1.50 bits per heavy atom. The first kappa shape index (κ1) is 8.05. The van der Waals surface area contributed by atoms with Crippen molar-refractivity contribution in [2.75, 3.05) is 13.1 Å². The van der Waals surface area contributed by atoms with Crippen LogP contribution in [0.15, 0.2) is 12.1 Å². The zero-order valence-electron chi connectivity index (χ0n) is 7.79. The zero-order chi connectivity index (χ0) is 9.60. The molecule has 1 saturated heterocycles. The average molecular weight is 192 g/mol. The van der Waals surface area contributed by atoms with Crippen molar-refractivity contribution in [3.8, 4) is 11.8 Å². The summed E-state index contributed by atoms with van der Waals surface area (Å²) in [6, 6.07) is 3.51. The average Bonchev–Trinajstić information content (AvgIpc) is 2.72. The number of nitrogens with zero attached hydrogens (tertiary/aromatic N) is 1. The van der Waals surface area contributed by atoms with Crippen molar-refractivity contribution in [3.63, 3.8) is 0 Å². The van der Waals surface area contributed by atoms with Gasteiger partial charge in [-0.1, -0.05) is 0 Å². The Labute approximate surface area is 81.9 Å². The van der Waals surface area contributed by atoms with Gasteiger partial charge in [-0.15, -0.1) is 0 Å². The molecule has 3 rings (SSSR count). The highest BCUT2D eigenvalue weighted by Gasteiger charge is 2.42. The van der Waals surface area contributed by atoms with Crippen molar-refractivity contribution in [2.45, 2.75) is 18.4 Å². The number of pyridine rings is 1. The molecule has 0 saturated carbocycles. The predicted octanol–water partition coefficient (Wildman–Crippen LogP) is 0.454. The van der Waals surface area contributed by atoms with E-state index in [1.807, 2.05) is 6.07 Å². The highest BCUT2D eigenvalue weighted by atomic mass is 16.5. The largest absolute Gasteiger partial charge is 0.493 e. The molecule has 4 nitrogen and oxygen atoms in total. The second-order valence-electron chi connectivity index (χ2n) is 4.02. The fraction of sp³-hybridized carbons (Fsp3) is 0.500. The van der Waals surface area contributed by atoms with Crippen LogP contribution in [-0.2, 0) is 6.42 Å². The van der Waals surface area contributed by atoms with Gasteiger partial charge in [0.2, 0.25) is 11.8 Å². The summed E-state index contributed by atoms with van der Waals surface area (Å²) in [7, 11) is 0. The maximum absolute atomic E-state index is 9.22. The van der Waals surface area contributed by atoms with Crippen molar-refractivity contribution in [2.24, 2.45) is 0 Å². The van der Waals surface area contributed by atoms with Crippen molar-refractivity contribution in [1.82, 2.24) is 10.3 Å². The third kappa shape index (κ3) is 1.07. The highest BCUT2D eigenvalue weighted by Crippen LogP contribution is 2.37. The SMILES string of the molecule is Oc1ccc2c(n1)OC1(CCNC1)C2. The Hall–Kier alpha value is -1.29. The Kier molecular flexibility index (Phi) is 1.50. The van der Waals surface area contributed by atoms with E-state index in [9.17, 15) is 5.11 Å². The first-order chi connectivity index (χ1) is 6.77. The van der Waals surface area contributed by atoms with Gasteiger partial charge in [-0.3, -0.25) is 0 Å². The van der Waals surface area contributed by atoms with Gasteiger partial charge in [0.15, 0.2) is 0 Å². The normalized spacial score (nSPS) is 29.1. The minimum Gasteiger partial charge on any atom is -0.493 e. The van der Waals surface area contributed by atoms with E-state index in [-0.39, 0.29) is 11.5 Å². The molecule has 1 aromatic rings. The van der Waals surface area contributed by atoms with Gasteiger partial charge in [0.05, 0.1) is 0 Å². The zero-order valence-corrected chi connectivity index (χ0v) is 7.79. The van der Waals surface area contributed by atoms with E-state index in [4.69, 9.17) is 4.74 Å². The molecule has 0 radical (unpaired) electrons. The van der Waals surface area contributed by atoms with Crippen LogP contribution in [0.4, 0.5) is 0 Å². The molecule has 1 atom stereocenters. The van der Waals surface area contributed by atoms with Crippen molar-refractivity contribution in [3.05, 3.63) is 17.7 Å². The van der Waals surface area contributed by atoms with E-state index in [1.54, 1.807) is 6.07 Å². The van der Waals surface area contributed by atoms with Gasteiger partial charge in [-0.2, -0.15) is 4.98 Å². The quantitative estimate of drug-likeness (QED) is 0.626. The Morgan fingerprint density at radius 2 is 2.43 bits per heavy atom. The van der Waals surface area contributed by atoms with Crippen LogP contribution in [0.1, 0.15) is 12.0 Å². The Morgan fingerprint density at radius 3 is 3.21 bits per heavy atom. The van der Waals surface area contributed by atoms with E-state index >= 15 is 0 Å². The summed E-state index contributed by atoms with van der Waals surface area (Å²) in [5.41, 5.74) is 1.01. The molecule has 4 heteroatoms. The van der Waals surface area contributed by atoms with E-state index in [2.05, 4.69) is 10.3 Å². The topological polar surface area (TPSA) is 54.4 Å². The molecule has 1 spiro atoms.